The molecule has 14 heavy (non-hydrogen) atoms. The Morgan fingerprint density at radius 3 is 2.79 bits per heavy atom. The van der Waals surface area contributed by atoms with Crippen molar-refractivity contribution in [2.24, 2.45) is 0 Å². The molecule has 4 heteroatoms. The lowest BCUT2D eigenvalue weighted by molar-refractivity contribution is -0.131. The van der Waals surface area contributed by atoms with Crippen molar-refractivity contribution in [1.29, 1.82) is 0 Å². The van der Waals surface area contributed by atoms with Gasteiger partial charge in [0, 0.05) is 13.0 Å². The molecule has 76 valence electrons. The topological polar surface area (TPSA) is 35.5 Å². The third kappa shape index (κ3) is 3.66. The zero-order valence-corrected chi connectivity index (χ0v) is 8.58. The van der Waals surface area contributed by atoms with Crippen LogP contribution in [0.25, 0.3) is 0 Å². The van der Waals surface area contributed by atoms with Crippen LogP contribution in [0.3, 0.4) is 0 Å². The summed E-state index contributed by atoms with van der Waals surface area (Å²) >= 11 is 5.47. The van der Waals surface area contributed by atoms with Gasteiger partial charge in [0.2, 0.25) is 0 Å². The highest BCUT2D eigenvalue weighted by atomic mass is 35.5. The fourth-order valence-electron chi connectivity index (χ4n) is 0.950. The maximum absolute atomic E-state index is 10.7. The van der Waals surface area contributed by atoms with Crippen LogP contribution in [0.5, 0.6) is 11.5 Å². The van der Waals surface area contributed by atoms with E-state index in [0.717, 1.165) is 0 Å². The van der Waals surface area contributed by atoms with Crippen molar-refractivity contribution in [3.8, 4) is 11.5 Å². The van der Waals surface area contributed by atoms with E-state index in [-0.39, 0.29) is 5.97 Å². The molecule has 0 aliphatic rings. The standard InChI is InChI=1S/C10H11ClO3/c1-8(12)14-10-4-2-3-9(7-10)13-6-5-11/h2-4,7H,5-6H2,1H3. The lowest BCUT2D eigenvalue weighted by atomic mass is 10.3. The molecule has 0 aliphatic carbocycles. The quantitative estimate of drug-likeness (QED) is 0.438. The van der Waals surface area contributed by atoms with Crippen molar-refractivity contribution >= 4 is 17.6 Å². The average Bonchev–Trinajstić information content (AvgIpc) is 2.14. The molecule has 0 bridgehead atoms. The number of halogens is 1. The number of alkyl halides is 1. The molecule has 3 nitrogen and oxygen atoms in total. The maximum atomic E-state index is 10.7. The summed E-state index contributed by atoms with van der Waals surface area (Å²) in [4.78, 5) is 10.7. The lowest BCUT2D eigenvalue weighted by Crippen LogP contribution is -2.02. The smallest absolute Gasteiger partial charge is 0.308 e. The number of hydrogen-bond donors (Lipinski definition) is 0. The molecule has 0 spiro atoms. The van der Waals surface area contributed by atoms with E-state index < -0.39 is 0 Å². The Hall–Kier alpha value is -1.22. The molecule has 0 N–H and O–H groups in total. The van der Waals surface area contributed by atoms with Gasteiger partial charge in [-0.15, -0.1) is 11.6 Å². The number of carbonyl (C=O) groups is 1. The molecule has 0 fully saturated rings. The first-order chi connectivity index (χ1) is 6.72. The van der Waals surface area contributed by atoms with Crippen LogP contribution in [0.4, 0.5) is 0 Å². The Bertz CT molecular complexity index is 312. The predicted octanol–water partition coefficient (Wildman–Crippen LogP) is 2.23. The van der Waals surface area contributed by atoms with Gasteiger partial charge in [-0.3, -0.25) is 4.79 Å². The highest BCUT2D eigenvalue weighted by Gasteiger charge is 1.99. The van der Waals surface area contributed by atoms with Crippen molar-refractivity contribution in [1.82, 2.24) is 0 Å². The van der Waals surface area contributed by atoms with Crippen LogP contribution in [-0.2, 0) is 4.79 Å². The first-order valence-electron chi connectivity index (χ1n) is 4.19. The van der Waals surface area contributed by atoms with E-state index >= 15 is 0 Å². The van der Waals surface area contributed by atoms with Crippen LogP contribution in [0.1, 0.15) is 6.92 Å². The molecule has 0 radical (unpaired) electrons. The Balaban J connectivity index is 2.63. The highest BCUT2D eigenvalue weighted by Crippen LogP contribution is 2.19. The molecule has 0 saturated carbocycles. The zero-order valence-electron chi connectivity index (χ0n) is 7.83. The molecular weight excluding hydrogens is 204 g/mol. The molecule has 0 atom stereocenters. The van der Waals surface area contributed by atoms with Gasteiger partial charge >= 0.3 is 5.97 Å². The summed E-state index contributed by atoms with van der Waals surface area (Å²) in [5, 5.41) is 0. The van der Waals surface area contributed by atoms with E-state index in [0.29, 0.717) is 24.0 Å². The largest absolute Gasteiger partial charge is 0.492 e. The first kappa shape index (κ1) is 10.9. The summed E-state index contributed by atoms with van der Waals surface area (Å²) in [5.41, 5.74) is 0. The van der Waals surface area contributed by atoms with Crippen LogP contribution in [0.2, 0.25) is 0 Å². The van der Waals surface area contributed by atoms with Crippen LogP contribution in [-0.4, -0.2) is 18.5 Å². The summed E-state index contributed by atoms with van der Waals surface area (Å²) in [7, 11) is 0. The second-order valence-corrected chi connectivity index (χ2v) is 2.98. The number of carbonyl (C=O) groups excluding carboxylic acids is 1. The minimum Gasteiger partial charge on any atom is -0.492 e. The molecule has 0 amide bonds. The SMILES string of the molecule is CC(=O)Oc1cccc(OCCCl)c1. The Labute approximate surface area is 87.6 Å². The molecule has 0 unspecified atom stereocenters. The minimum absolute atomic E-state index is 0.348. The Morgan fingerprint density at radius 1 is 1.43 bits per heavy atom. The molecule has 1 aromatic carbocycles. The number of benzene rings is 1. The molecular formula is C10H11ClO3. The van der Waals surface area contributed by atoms with Gasteiger partial charge in [-0.2, -0.15) is 0 Å². The van der Waals surface area contributed by atoms with Gasteiger partial charge in [0.05, 0.1) is 5.88 Å². The Morgan fingerprint density at radius 2 is 2.14 bits per heavy atom. The second kappa shape index (κ2) is 5.50. The third-order valence-electron chi connectivity index (χ3n) is 1.41. The maximum Gasteiger partial charge on any atom is 0.308 e. The van der Waals surface area contributed by atoms with Gasteiger partial charge in [0.1, 0.15) is 18.1 Å². The van der Waals surface area contributed by atoms with Crippen LogP contribution >= 0.6 is 11.6 Å². The molecule has 1 rings (SSSR count). The fraction of sp³-hybridized carbons (Fsp3) is 0.300. The van der Waals surface area contributed by atoms with Crippen LogP contribution in [0.15, 0.2) is 24.3 Å². The van der Waals surface area contributed by atoms with Crippen molar-refractivity contribution in [3.05, 3.63) is 24.3 Å². The second-order valence-electron chi connectivity index (χ2n) is 2.61. The predicted molar refractivity (Wildman–Crippen MR) is 54.0 cm³/mol. The first-order valence-corrected chi connectivity index (χ1v) is 4.73. The fourth-order valence-corrected chi connectivity index (χ4v) is 1.03. The summed E-state index contributed by atoms with van der Waals surface area (Å²) in [5.74, 6) is 1.20. The van der Waals surface area contributed by atoms with Gasteiger partial charge in [-0.05, 0) is 12.1 Å². The normalized spacial score (nSPS) is 9.57. The lowest BCUT2D eigenvalue weighted by Gasteiger charge is -2.05. The molecule has 0 aliphatic heterocycles. The number of esters is 1. The minimum atomic E-state index is -0.348. The van der Waals surface area contributed by atoms with E-state index in [1.54, 1.807) is 24.3 Å². The summed E-state index contributed by atoms with van der Waals surface area (Å²) < 4.78 is 10.1. The van der Waals surface area contributed by atoms with Gasteiger partial charge in [-0.25, -0.2) is 0 Å². The van der Waals surface area contributed by atoms with Crippen LogP contribution < -0.4 is 9.47 Å². The number of hydrogen-bond acceptors (Lipinski definition) is 3. The van der Waals surface area contributed by atoms with Crippen molar-refractivity contribution in [3.63, 3.8) is 0 Å². The van der Waals surface area contributed by atoms with E-state index in [2.05, 4.69) is 0 Å². The Kier molecular flexibility index (Phi) is 4.26. The van der Waals surface area contributed by atoms with Crippen LogP contribution in [0, 0.1) is 0 Å². The van der Waals surface area contributed by atoms with Crippen molar-refractivity contribution in [2.45, 2.75) is 6.92 Å². The van der Waals surface area contributed by atoms with E-state index in [1.807, 2.05) is 0 Å². The monoisotopic (exact) mass is 214 g/mol. The molecule has 0 saturated heterocycles. The summed E-state index contributed by atoms with van der Waals surface area (Å²) in [6, 6.07) is 6.87. The third-order valence-corrected chi connectivity index (χ3v) is 1.57. The number of rotatable bonds is 4. The number of ether oxygens (including phenoxy) is 2. The molecule has 1 aromatic rings. The van der Waals surface area contributed by atoms with Gasteiger partial charge < -0.3 is 9.47 Å². The van der Waals surface area contributed by atoms with E-state index in [1.165, 1.54) is 6.92 Å². The molecule has 0 aromatic heterocycles. The van der Waals surface area contributed by atoms with Gasteiger partial charge in [0.15, 0.2) is 0 Å². The summed E-state index contributed by atoms with van der Waals surface area (Å²) in [6.07, 6.45) is 0. The van der Waals surface area contributed by atoms with Crippen molar-refractivity contribution < 1.29 is 14.3 Å². The van der Waals surface area contributed by atoms with E-state index in [4.69, 9.17) is 21.1 Å². The zero-order chi connectivity index (χ0) is 10.4. The summed E-state index contributed by atoms with van der Waals surface area (Å²) in [6.45, 7) is 1.79. The molecule has 0 heterocycles. The highest BCUT2D eigenvalue weighted by molar-refractivity contribution is 6.18. The van der Waals surface area contributed by atoms with E-state index in [9.17, 15) is 4.79 Å². The van der Waals surface area contributed by atoms with Gasteiger partial charge in [-0.1, -0.05) is 6.07 Å². The van der Waals surface area contributed by atoms with Gasteiger partial charge in [0.25, 0.3) is 0 Å². The average molecular weight is 215 g/mol. The van der Waals surface area contributed by atoms with Crippen molar-refractivity contribution in [2.75, 3.05) is 12.5 Å².